The van der Waals surface area contributed by atoms with Crippen LogP contribution in [0.2, 0.25) is 0 Å². The molecule has 0 unspecified atom stereocenters. The second-order valence-electron chi connectivity index (χ2n) is 0.415. The van der Waals surface area contributed by atoms with Crippen LogP contribution in [0.4, 0.5) is 0 Å². The SMILES string of the molecule is [Co].[H-].[Li+].[Mn].[O]=[Mn](=[O])([OH])[OH]. The summed E-state index contributed by atoms with van der Waals surface area (Å²) in [6, 6.07) is 0. The van der Waals surface area contributed by atoms with E-state index in [9.17, 15) is 0 Å². The summed E-state index contributed by atoms with van der Waals surface area (Å²) >= 11 is -5.12. The molecule has 51 valence electrons. The van der Waals surface area contributed by atoms with E-state index in [1.165, 1.54) is 0 Å². The topological polar surface area (TPSA) is 74.6 Å². The van der Waals surface area contributed by atoms with Gasteiger partial charge in [-0.3, -0.25) is 0 Å². The molecule has 0 aliphatic heterocycles. The van der Waals surface area contributed by atoms with Crippen molar-refractivity contribution in [1.82, 2.24) is 0 Å². The molecular formula is H3CoLiMn2O4. The van der Waals surface area contributed by atoms with Crippen molar-refractivity contribution in [2.24, 2.45) is 0 Å². The fourth-order valence-corrected chi connectivity index (χ4v) is 0. The molecule has 4 nitrogen and oxygen atoms in total. The minimum absolute atomic E-state index is 0. The predicted molar refractivity (Wildman–Crippen MR) is 6.92 cm³/mol. The molecule has 0 aliphatic carbocycles. The summed E-state index contributed by atoms with van der Waals surface area (Å²) in [6.07, 6.45) is 0. The molecule has 2 N–H and O–H groups in total. The molecule has 0 saturated heterocycles. The third-order valence-electron chi connectivity index (χ3n) is 0. The Kier molecular flexibility index (Phi) is 24.5. The van der Waals surface area contributed by atoms with Gasteiger partial charge in [-0.15, -0.1) is 0 Å². The molecular weight excluding hydrogens is 240 g/mol. The van der Waals surface area contributed by atoms with Gasteiger partial charge in [-0.05, 0) is 0 Å². The Bertz CT molecular complexity index is 102. The number of rotatable bonds is 0. The normalized spacial score (nSPS) is 7.25. The van der Waals surface area contributed by atoms with E-state index in [0.717, 1.165) is 0 Å². The van der Waals surface area contributed by atoms with Gasteiger partial charge in [0.1, 0.15) is 0 Å². The van der Waals surface area contributed by atoms with Crippen LogP contribution in [-0.4, -0.2) is 8.38 Å². The quantitative estimate of drug-likeness (QED) is 0.422. The Morgan fingerprint density at radius 3 is 1.25 bits per heavy atom. The summed E-state index contributed by atoms with van der Waals surface area (Å²) in [4.78, 5) is 0. The van der Waals surface area contributed by atoms with Crippen LogP contribution in [0.5, 0.6) is 0 Å². The van der Waals surface area contributed by atoms with E-state index in [-0.39, 0.29) is 54.1 Å². The van der Waals surface area contributed by atoms with Gasteiger partial charge in [-0.2, -0.15) is 0 Å². The fourth-order valence-electron chi connectivity index (χ4n) is 0. The van der Waals surface area contributed by atoms with Gasteiger partial charge in [0.05, 0.1) is 0 Å². The molecule has 0 heterocycles. The summed E-state index contributed by atoms with van der Waals surface area (Å²) in [5.41, 5.74) is 0. The van der Waals surface area contributed by atoms with Crippen molar-refractivity contribution >= 4 is 0 Å². The monoisotopic (exact) mass is 243 g/mol. The standard InChI is InChI=1S/Co.Li.2Mn.2H2O.2O.H/h;;;;2*1H2;;;/q;+1;;+2;;;;;-1/p-2. The maximum atomic E-state index is 8.80. The Morgan fingerprint density at radius 2 is 1.25 bits per heavy atom. The molecule has 0 fully saturated rings. The molecule has 0 aromatic carbocycles. The fraction of sp³-hybridized carbons (Fsp3) is 0. The molecule has 0 aliphatic rings. The average Bonchev–Trinajstić information content (AvgIpc) is 0.722. The van der Waals surface area contributed by atoms with Crippen LogP contribution < -0.4 is 18.9 Å². The number of hydrogen-bond donors (Lipinski definition) is 2. The Balaban J connectivity index is -0.0000000133. The molecule has 8 heteroatoms. The molecule has 0 saturated carbocycles. The van der Waals surface area contributed by atoms with E-state index >= 15 is 0 Å². The van der Waals surface area contributed by atoms with Crippen molar-refractivity contribution in [2.45, 2.75) is 0 Å². The van der Waals surface area contributed by atoms with Crippen LogP contribution in [0.3, 0.4) is 0 Å². The van der Waals surface area contributed by atoms with Crippen molar-refractivity contribution in [3.8, 4) is 0 Å². The van der Waals surface area contributed by atoms with E-state index < -0.39 is 13.4 Å². The predicted octanol–water partition coefficient (Wildman–Crippen LogP) is -4.24. The summed E-state index contributed by atoms with van der Waals surface area (Å²) in [5, 5.41) is 0. The number of hydrogen-bond acceptors (Lipinski definition) is 2. The third-order valence-corrected chi connectivity index (χ3v) is 0. The summed E-state index contributed by atoms with van der Waals surface area (Å²) < 4.78 is 31.8. The molecule has 0 aromatic heterocycles. The molecule has 8 heavy (non-hydrogen) atoms. The van der Waals surface area contributed by atoms with Gasteiger partial charge in [0, 0.05) is 33.8 Å². The van der Waals surface area contributed by atoms with Crippen LogP contribution >= 0.6 is 0 Å². The van der Waals surface area contributed by atoms with Crippen LogP contribution in [-0.2, 0) is 54.9 Å². The van der Waals surface area contributed by atoms with Crippen molar-refractivity contribution in [1.29, 1.82) is 0 Å². The molecule has 0 aromatic rings. The first-order valence-electron chi connectivity index (χ1n) is 0.647. The molecule has 0 amide bonds. The van der Waals surface area contributed by atoms with Crippen molar-refractivity contribution < 1.29 is 83.6 Å². The maximum absolute atomic E-state index is 8.80. The zero-order valence-corrected chi connectivity index (χ0v) is 7.20. The van der Waals surface area contributed by atoms with Gasteiger partial charge in [0.15, 0.2) is 0 Å². The van der Waals surface area contributed by atoms with E-state index in [2.05, 4.69) is 0 Å². The minimum atomic E-state index is -5.12. The van der Waals surface area contributed by atoms with Crippen molar-refractivity contribution in [3.63, 3.8) is 0 Å². The van der Waals surface area contributed by atoms with E-state index in [4.69, 9.17) is 16.0 Å². The van der Waals surface area contributed by atoms with Gasteiger partial charge in [0.25, 0.3) is 0 Å². The first-order chi connectivity index (χ1) is 2.00. The molecule has 0 spiro atoms. The van der Waals surface area contributed by atoms with Gasteiger partial charge in [0.2, 0.25) is 0 Å². The molecule has 0 atom stereocenters. The van der Waals surface area contributed by atoms with Crippen LogP contribution in [0.25, 0.3) is 0 Å². The van der Waals surface area contributed by atoms with E-state index in [1.54, 1.807) is 0 Å². The summed E-state index contributed by atoms with van der Waals surface area (Å²) in [6.45, 7) is 0. The van der Waals surface area contributed by atoms with Crippen molar-refractivity contribution in [2.75, 3.05) is 0 Å². The Morgan fingerprint density at radius 1 is 1.25 bits per heavy atom. The summed E-state index contributed by atoms with van der Waals surface area (Å²) in [5.74, 6) is 0. The molecule has 0 bridgehead atoms. The van der Waals surface area contributed by atoms with Gasteiger partial charge < -0.3 is 1.43 Å². The van der Waals surface area contributed by atoms with Crippen LogP contribution in [0.15, 0.2) is 0 Å². The van der Waals surface area contributed by atoms with E-state index in [1.807, 2.05) is 0 Å². The second-order valence-corrected chi connectivity index (χ2v) is 1.71. The van der Waals surface area contributed by atoms with Crippen LogP contribution in [0, 0.1) is 0 Å². The van der Waals surface area contributed by atoms with Crippen LogP contribution in [0.1, 0.15) is 1.43 Å². The second kappa shape index (κ2) is 8.66. The Hall–Kier alpha value is 1.66. The van der Waals surface area contributed by atoms with Gasteiger partial charge in [-0.25, -0.2) is 0 Å². The summed E-state index contributed by atoms with van der Waals surface area (Å²) in [7, 11) is 0. The van der Waals surface area contributed by atoms with Gasteiger partial charge >= 0.3 is 48.3 Å². The molecule has 0 rings (SSSR count). The third kappa shape index (κ3) is 123. The average molecular weight is 243 g/mol. The Labute approximate surface area is 83.0 Å². The van der Waals surface area contributed by atoms with Crippen molar-refractivity contribution in [3.05, 3.63) is 0 Å². The van der Waals surface area contributed by atoms with Gasteiger partial charge in [-0.1, -0.05) is 0 Å². The zero-order chi connectivity index (χ0) is 4.50. The first-order valence-corrected chi connectivity index (χ1v) is 2.67. The molecule has 2 radical (unpaired) electrons. The van der Waals surface area contributed by atoms with E-state index in [0.29, 0.717) is 0 Å². The first kappa shape index (κ1) is 22.6. The zero-order valence-electron chi connectivity index (χ0n) is 4.80.